The Morgan fingerprint density at radius 3 is 2.52 bits per heavy atom. The predicted octanol–water partition coefficient (Wildman–Crippen LogP) is -0.0523. The monoisotopic (exact) mass is 299 g/mol. The van der Waals surface area contributed by atoms with Gasteiger partial charge in [0.1, 0.15) is 6.04 Å². The number of amides is 2. The van der Waals surface area contributed by atoms with Gasteiger partial charge < -0.3 is 25.3 Å². The first-order chi connectivity index (χ1) is 9.81. The van der Waals surface area contributed by atoms with Gasteiger partial charge in [-0.1, -0.05) is 6.92 Å². The smallest absolute Gasteiger partial charge is 0.326 e. The van der Waals surface area contributed by atoms with Crippen LogP contribution in [0.1, 0.15) is 26.2 Å². The van der Waals surface area contributed by atoms with Crippen molar-refractivity contribution in [2.45, 2.75) is 38.3 Å². The number of carbonyl (C=O) groups is 2. The Kier molecular flexibility index (Phi) is 4.73. The summed E-state index contributed by atoms with van der Waals surface area (Å²) >= 11 is 0. The van der Waals surface area contributed by atoms with Gasteiger partial charge in [0.2, 0.25) is 0 Å². The molecule has 7 nitrogen and oxygen atoms in total. The fourth-order valence-corrected chi connectivity index (χ4v) is 3.00. The number of rotatable bonds is 3. The average Bonchev–Trinajstić information content (AvgIpc) is 2.82. The summed E-state index contributed by atoms with van der Waals surface area (Å²) in [4.78, 5) is 26.8. The van der Waals surface area contributed by atoms with Gasteiger partial charge in [-0.05, 0) is 38.4 Å². The van der Waals surface area contributed by atoms with Gasteiger partial charge in [0.25, 0.3) is 0 Å². The SMILES string of the molecule is CN1CCC(C)(CNC(=O)N2C[C@@H](O)C[C@H]2C(=O)O)CC1. The molecule has 2 amide bonds. The molecule has 7 heteroatoms. The third-order valence-corrected chi connectivity index (χ3v) is 4.69. The fraction of sp³-hybridized carbons (Fsp3) is 0.857. The van der Waals surface area contributed by atoms with Gasteiger partial charge in [-0.3, -0.25) is 0 Å². The number of urea groups is 1. The maximum atomic E-state index is 12.2. The molecule has 0 aromatic heterocycles. The Labute approximate surface area is 124 Å². The molecule has 0 aliphatic carbocycles. The van der Waals surface area contributed by atoms with Gasteiger partial charge in [-0.2, -0.15) is 0 Å². The van der Waals surface area contributed by atoms with E-state index < -0.39 is 18.1 Å². The molecule has 2 heterocycles. The van der Waals surface area contributed by atoms with E-state index in [0.29, 0.717) is 6.54 Å². The largest absolute Gasteiger partial charge is 0.480 e. The van der Waals surface area contributed by atoms with E-state index in [0.717, 1.165) is 25.9 Å². The number of hydrogen-bond acceptors (Lipinski definition) is 4. The maximum absolute atomic E-state index is 12.2. The lowest BCUT2D eigenvalue weighted by molar-refractivity contribution is -0.141. The van der Waals surface area contributed by atoms with Crippen molar-refractivity contribution in [3.05, 3.63) is 0 Å². The summed E-state index contributed by atoms with van der Waals surface area (Å²) in [7, 11) is 2.08. The van der Waals surface area contributed by atoms with E-state index in [9.17, 15) is 14.7 Å². The molecular weight excluding hydrogens is 274 g/mol. The van der Waals surface area contributed by atoms with Crippen LogP contribution in [0.25, 0.3) is 0 Å². The minimum atomic E-state index is -1.06. The van der Waals surface area contributed by atoms with Crippen LogP contribution in [0.4, 0.5) is 4.79 Å². The Hall–Kier alpha value is -1.34. The molecule has 2 saturated heterocycles. The standard InChI is InChI=1S/C14H25N3O4/c1-14(3-5-16(2)6-4-14)9-15-13(21)17-8-10(18)7-11(17)12(19)20/h10-11,18H,3-9H2,1-2H3,(H,15,21)(H,19,20)/t10-,11-/m0/s1. The number of aliphatic carboxylic acids is 1. The molecule has 0 saturated carbocycles. The van der Waals surface area contributed by atoms with Crippen molar-refractivity contribution in [2.75, 3.05) is 33.2 Å². The van der Waals surface area contributed by atoms with Crippen LogP contribution in [0.2, 0.25) is 0 Å². The average molecular weight is 299 g/mol. The highest BCUT2D eigenvalue weighted by Gasteiger charge is 2.39. The summed E-state index contributed by atoms with van der Waals surface area (Å²) in [5, 5.41) is 21.5. The molecular formula is C14H25N3O4. The van der Waals surface area contributed by atoms with Crippen LogP contribution in [0.15, 0.2) is 0 Å². The zero-order valence-corrected chi connectivity index (χ0v) is 12.7. The quantitative estimate of drug-likeness (QED) is 0.679. The molecule has 3 N–H and O–H groups in total. The molecule has 21 heavy (non-hydrogen) atoms. The van der Waals surface area contributed by atoms with Gasteiger partial charge in [-0.15, -0.1) is 0 Å². The number of hydrogen-bond donors (Lipinski definition) is 3. The van der Waals surface area contributed by atoms with E-state index in [-0.39, 0.29) is 24.4 Å². The zero-order valence-electron chi connectivity index (χ0n) is 12.7. The summed E-state index contributed by atoms with van der Waals surface area (Å²) in [6.45, 7) is 4.79. The Bertz CT molecular complexity index is 407. The van der Waals surface area contributed by atoms with Crippen LogP contribution in [0.5, 0.6) is 0 Å². The van der Waals surface area contributed by atoms with Crippen molar-refractivity contribution in [3.8, 4) is 0 Å². The number of nitrogens with one attached hydrogen (secondary N) is 1. The van der Waals surface area contributed by atoms with Gasteiger partial charge >= 0.3 is 12.0 Å². The van der Waals surface area contributed by atoms with Crippen LogP contribution in [0.3, 0.4) is 0 Å². The second-order valence-corrected chi connectivity index (χ2v) is 6.67. The third kappa shape index (κ3) is 3.85. The van der Waals surface area contributed by atoms with Crippen LogP contribution < -0.4 is 5.32 Å². The number of likely N-dealkylation sites (tertiary alicyclic amines) is 2. The topological polar surface area (TPSA) is 93.1 Å². The lowest BCUT2D eigenvalue weighted by Gasteiger charge is -2.38. The second-order valence-electron chi connectivity index (χ2n) is 6.67. The molecule has 2 fully saturated rings. The molecule has 2 rings (SSSR count). The van der Waals surface area contributed by atoms with Crippen LogP contribution in [0, 0.1) is 5.41 Å². The lowest BCUT2D eigenvalue weighted by Crippen LogP contribution is -2.50. The molecule has 0 spiro atoms. The number of piperidine rings is 1. The Morgan fingerprint density at radius 1 is 1.33 bits per heavy atom. The summed E-state index contributed by atoms with van der Waals surface area (Å²) in [6, 6.07) is -1.32. The van der Waals surface area contributed by atoms with E-state index in [1.165, 1.54) is 4.90 Å². The number of carboxylic acid groups (broad SMARTS) is 1. The molecule has 0 bridgehead atoms. The first-order valence-electron chi connectivity index (χ1n) is 7.45. The minimum absolute atomic E-state index is 0.0548. The van der Waals surface area contributed by atoms with E-state index in [2.05, 4.69) is 24.2 Å². The Morgan fingerprint density at radius 2 is 1.95 bits per heavy atom. The number of aliphatic hydroxyl groups excluding tert-OH is 1. The van der Waals surface area contributed by atoms with E-state index >= 15 is 0 Å². The number of carbonyl (C=O) groups excluding carboxylic acids is 1. The van der Waals surface area contributed by atoms with E-state index in [1.54, 1.807) is 0 Å². The van der Waals surface area contributed by atoms with E-state index in [4.69, 9.17) is 5.11 Å². The van der Waals surface area contributed by atoms with Crippen molar-refractivity contribution in [3.63, 3.8) is 0 Å². The predicted molar refractivity (Wildman–Crippen MR) is 77.0 cm³/mol. The molecule has 2 atom stereocenters. The molecule has 0 aromatic carbocycles. The summed E-state index contributed by atoms with van der Waals surface area (Å²) < 4.78 is 0. The molecule has 0 radical (unpaired) electrons. The highest BCUT2D eigenvalue weighted by molar-refractivity contribution is 5.83. The van der Waals surface area contributed by atoms with Crippen molar-refractivity contribution in [1.29, 1.82) is 0 Å². The van der Waals surface area contributed by atoms with Gasteiger partial charge in [0.05, 0.1) is 6.10 Å². The molecule has 0 aromatic rings. The Balaban J connectivity index is 1.88. The maximum Gasteiger partial charge on any atom is 0.326 e. The summed E-state index contributed by atoms with van der Waals surface area (Å²) in [5.74, 6) is -1.06. The van der Waals surface area contributed by atoms with Crippen LogP contribution in [-0.2, 0) is 4.79 Å². The number of aliphatic hydroxyl groups is 1. The molecule has 2 aliphatic rings. The first-order valence-corrected chi connectivity index (χ1v) is 7.45. The number of nitrogens with zero attached hydrogens (tertiary/aromatic N) is 2. The molecule has 2 aliphatic heterocycles. The summed E-state index contributed by atoms with van der Waals surface area (Å²) in [6.07, 6.45) is 1.37. The highest BCUT2D eigenvalue weighted by atomic mass is 16.4. The van der Waals surface area contributed by atoms with Gasteiger partial charge in [-0.25, -0.2) is 9.59 Å². The van der Waals surface area contributed by atoms with E-state index in [1.807, 2.05) is 0 Å². The van der Waals surface area contributed by atoms with Gasteiger partial charge in [0.15, 0.2) is 0 Å². The minimum Gasteiger partial charge on any atom is -0.480 e. The fourth-order valence-electron chi connectivity index (χ4n) is 3.00. The van der Waals surface area contributed by atoms with Crippen molar-refractivity contribution in [1.82, 2.24) is 15.1 Å². The normalized spacial score (nSPS) is 29.4. The third-order valence-electron chi connectivity index (χ3n) is 4.69. The number of carboxylic acids is 1. The molecule has 120 valence electrons. The first kappa shape index (κ1) is 16.0. The number of β-amino-alcohol motifs (C(OH)–C–C–N with tert-alkyl or cyclic N) is 1. The summed E-state index contributed by atoms with van der Waals surface area (Å²) in [5.41, 5.74) is 0.0548. The molecule has 0 unspecified atom stereocenters. The highest BCUT2D eigenvalue weighted by Crippen LogP contribution is 2.29. The van der Waals surface area contributed by atoms with Crippen LogP contribution >= 0.6 is 0 Å². The van der Waals surface area contributed by atoms with Crippen molar-refractivity contribution >= 4 is 12.0 Å². The van der Waals surface area contributed by atoms with Crippen LogP contribution in [-0.4, -0.2) is 77.4 Å². The zero-order chi connectivity index (χ0) is 15.6. The second kappa shape index (κ2) is 6.19. The van der Waals surface area contributed by atoms with Crippen molar-refractivity contribution in [2.24, 2.45) is 5.41 Å². The van der Waals surface area contributed by atoms with Gasteiger partial charge in [0, 0.05) is 19.5 Å². The van der Waals surface area contributed by atoms with Crippen molar-refractivity contribution < 1.29 is 19.8 Å². The lowest BCUT2D eigenvalue weighted by atomic mass is 9.80.